The molecule has 0 aliphatic heterocycles. The molecule has 1 aromatic heterocycles. The number of aromatic nitrogens is 3. The Morgan fingerprint density at radius 2 is 1.75 bits per heavy atom. The molecule has 0 bridgehead atoms. The van der Waals surface area contributed by atoms with Crippen LogP contribution in [0.5, 0.6) is 0 Å². The summed E-state index contributed by atoms with van der Waals surface area (Å²) >= 11 is 3.50. The van der Waals surface area contributed by atoms with E-state index in [0.29, 0.717) is 6.04 Å². The fraction of sp³-hybridized carbons (Fsp3) is 0.867. The van der Waals surface area contributed by atoms with Crippen LogP contribution in [-0.2, 0) is 7.05 Å². The molecular weight excluding hydrogens is 316 g/mol. The van der Waals surface area contributed by atoms with Gasteiger partial charge < -0.3 is 5.32 Å². The lowest BCUT2D eigenvalue weighted by molar-refractivity contribution is 0.450. The van der Waals surface area contributed by atoms with Crippen molar-refractivity contribution < 1.29 is 0 Å². The van der Waals surface area contributed by atoms with Crippen molar-refractivity contribution in [2.45, 2.75) is 71.3 Å². The molecule has 1 aromatic rings. The number of nitrogens with one attached hydrogen (secondary N) is 1. The fourth-order valence-electron chi connectivity index (χ4n) is 2.60. The fourth-order valence-corrected chi connectivity index (χ4v) is 3.20. The largest absolute Gasteiger partial charge is 0.309 e. The molecule has 1 unspecified atom stereocenters. The zero-order valence-electron chi connectivity index (χ0n) is 13.2. The van der Waals surface area contributed by atoms with Crippen molar-refractivity contribution in [3.8, 4) is 0 Å². The van der Waals surface area contributed by atoms with Crippen LogP contribution in [0.25, 0.3) is 0 Å². The van der Waals surface area contributed by atoms with Gasteiger partial charge in [-0.3, -0.25) is 0 Å². The van der Waals surface area contributed by atoms with Gasteiger partial charge in [-0.15, -0.1) is 5.10 Å². The van der Waals surface area contributed by atoms with E-state index in [2.05, 4.69) is 45.4 Å². The number of halogens is 1. The minimum Gasteiger partial charge on any atom is -0.309 e. The average Bonchev–Trinajstić information content (AvgIpc) is 2.76. The monoisotopic (exact) mass is 344 g/mol. The molecule has 0 aromatic carbocycles. The standard InChI is InChI=1S/C15H29BrN4/c1-4-6-7-8-9-10-11-12-13(17-5-2)14-15(16)18-19-20(14)3/h13,17H,4-12H2,1-3H3. The third-order valence-electron chi connectivity index (χ3n) is 3.70. The Hall–Kier alpha value is -0.420. The predicted octanol–water partition coefficient (Wildman–Crippen LogP) is 4.37. The topological polar surface area (TPSA) is 42.7 Å². The number of hydrogen-bond acceptors (Lipinski definition) is 3. The molecule has 0 spiro atoms. The Morgan fingerprint density at radius 1 is 1.10 bits per heavy atom. The van der Waals surface area contributed by atoms with Crippen molar-refractivity contribution in [1.82, 2.24) is 20.3 Å². The van der Waals surface area contributed by atoms with Gasteiger partial charge in [0.05, 0.1) is 11.7 Å². The van der Waals surface area contributed by atoms with Crippen molar-refractivity contribution in [2.24, 2.45) is 7.05 Å². The summed E-state index contributed by atoms with van der Waals surface area (Å²) in [6.45, 7) is 5.38. The van der Waals surface area contributed by atoms with Gasteiger partial charge in [0, 0.05) is 7.05 Å². The Morgan fingerprint density at radius 3 is 2.30 bits per heavy atom. The number of unbranched alkanes of at least 4 members (excludes halogenated alkanes) is 6. The molecule has 4 nitrogen and oxygen atoms in total. The second kappa shape index (κ2) is 10.3. The minimum absolute atomic E-state index is 0.352. The third-order valence-corrected chi connectivity index (χ3v) is 4.27. The lowest BCUT2D eigenvalue weighted by Gasteiger charge is -2.18. The highest BCUT2D eigenvalue weighted by molar-refractivity contribution is 9.10. The Balaban J connectivity index is 2.33. The summed E-state index contributed by atoms with van der Waals surface area (Å²) in [7, 11) is 1.96. The highest BCUT2D eigenvalue weighted by Crippen LogP contribution is 2.25. The highest BCUT2D eigenvalue weighted by atomic mass is 79.9. The van der Waals surface area contributed by atoms with Crippen LogP contribution in [0.1, 0.15) is 76.9 Å². The van der Waals surface area contributed by atoms with Crippen LogP contribution in [0.4, 0.5) is 0 Å². The van der Waals surface area contributed by atoms with E-state index in [9.17, 15) is 0 Å². The van der Waals surface area contributed by atoms with Crippen LogP contribution in [0.15, 0.2) is 4.60 Å². The Labute approximate surface area is 131 Å². The SMILES string of the molecule is CCCCCCCCCC(NCC)c1c(Br)nnn1C. The number of nitrogens with zero attached hydrogens (tertiary/aromatic N) is 3. The summed E-state index contributed by atoms with van der Waals surface area (Å²) < 4.78 is 2.74. The molecule has 1 atom stereocenters. The second-order valence-electron chi connectivity index (χ2n) is 5.41. The van der Waals surface area contributed by atoms with E-state index in [1.165, 1.54) is 44.9 Å². The zero-order valence-corrected chi connectivity index (χ0v) is 14.7. The van der Waals surface area contributed by atoms with Gasteiger partial charge in [0.2, 0.25) is 0 Å². The molecule has 20 heavy (non-hydrogen) atoms. The smallest absolute Gasteiger partial charge is 0.153 e. The zero-order chi connectivity index (χ0) is 14.8. The molecule has 0 aliphatic carbocycles. The first-order chi connectivity index (χ1) is 9.70. The van der Waals surface area contributed by atoms with Gasteiger partial charge in [0.25, 0.3) is 0 Å². The molecule has 0 amide bonds. The average molecular weight is 345 g/mol. The van der Waals surface area contributed by atoms with E-state index >= 15 is 0 Å². The molecular formula is C15H29BrN4. The van der Waals surface area contributed by atoms with Gasteiger partial charge in [-0.25, -0.2) is 4.68 Å². The molecule has 0 saturated heterocycles. The Bertz CT molecular complexity index is 345. The third kappa shape index (κ3) is 5.92. The number of rotatable bonds is 11. The predicted molar refractivity (Wildman–Crippen MR) is 87.7 cm³/mol. The van der Waals surface area contributed by atoms with Gasteiger partial charge in [-0.1, -0.05) is 64.0 Å². The first kappa shape index (κ1) is 17.6. The van der Waals surface area contributed by atoms with Gasteiger partial charge in [-0.05, 0) is 28.9 Å². The summed E-state index contributed by atoms with van der Waals surface area (Å²) in [6.07, 6.45) is 10.6. The van der Waals surface area contributed by atoms with Crippen molar-refractivity contribution in [3.05, 3.63) is 10.3 Å². The van der Waals surface area contributed by atoms with Gasteiger partial charge >= 0.3 is 0 Å². The van der Waals surface area contributed by atoms with Crippen molar-refractivity contribution in [2.75, 3.05) is 6.54 Å². The molecule has 116 valence electrons. The first-order valence-electron chi connectivity index (χ1n) is 7.99. The number of aryl methyl sites for hydroxylation is 1. The molecule has 0 fully saturated rings. The van der Waals surface area contributed by atoms with Gasteiger partial charge in [0.15, 0.2) is 4.60 Å². The lowest BCUT2D eigenvalue weighted by atomic mass is 10.0. The maximum Gasteiger partial charge on any atom is 0.153 e. The van der Waals surface area contributed by atoms with E-state index in [-0.39, 0.29) is 0 Å². The van der Waals surface area contributed by atoms with Crippen molar-refractivity contribution in [1.29, 1.82) is 0 Å². The van der Waals surface area contributed by atoms with Crippen LogP contribution in [0.3, 0.4) is 0 Å². The summed E-state index contributed by atoms with van der Waals surface area (Å²) in [4.78, 5) is 0. The minimum atomic E-state index is 0.352. The molecule has 0 saturated carbocycles. The summed E-state index contributed by atoms with van der Waals surface area (Å²) in [5.41, 5.74) is 1.16. The van der Waals surface area contributed by atoms with E-state index in [1.54, 1.807) is 0 Å². The van der Waals surface area contributed by atoms with Crippen LogP contribution in [-0.4, -0.2) is 21.5 Å². The van der Waals surface area contributed by atoms with E-state index in [0.717, 1.165) is 23.3 Å². The number of hydrogen-bond donors (Lipinski definition) is 1. The molecule has 1 N–H and O–H groups in total. The van der Waals surface area contributed by atoms with Crippen LogP contribution in [0.2, 0.25) is 0 Å². The molecule has 0 radical (unpaired) electrons. The van der Waals surface area contributed by atoms with Gasteiger partial charge in [0.1, 0.15) is 0 Å². The summed E-state index contributed by atoms with van der Waals surface area (Å²) in [5, 5.41) is 11.7. The molecule has 1 heterocycles. The normalized spacial score (nSPS) is 12.8. The Kier molecular flexibility index (Phi) is 9.10. The highest BCUT2D eigenvalue weighted by Gasteiger charge is 2.18. The molecule has 0 aliphatic rings. The van der Waals surface area contributed by atoms with Crippen LogP contribution < -0.4 is 5.32 Å². The van der Waals surface area contributed by atoms with Crippen LogP contribution >= 0.6 is 15.9 Å². The van der Waals surface area contributed by atoms with E-state index in [1.807, 2.05) is 11.7 Å². The van der Waals surface area contributed by atoms with Crippen LogP contribution in [0, 0.1) is 0 Å². The maximum absolute atomic E-state index is 4.09. The quantitative estimate of drug-likeness (QED) is 0.606. The summed E-state index contributed by atoms with van der Waals surface area (Å²) in [6, 6.07) is 0.352. The van der Waals surface area contributed by atoms with E-state index < -0.39 is 0 Å². The summed E-state index contributed by atoms with van der Waals surface area (Å²) in [5.74, 6) is 0. The first-order valence-corrected chi connectivity index (χ1v) is 8.78. The molecule has 1 rings (SSSR count). The van der Waals surface area contributed by atoms with Crippen molar-refractivity contribution in [3.63, 3.8) is 0 Å². The van der Waals surface area contributed by atoms with E-state index in [4.69, 9.17) is 0 Å². The molecule has 5 heteroatoms. The van der Waals surface area contributed by atoms with Gasteiger partial charge in [-0.2, -0.15) is 0 Å². The second-order valence-corrected chi connectivity index (χ2v) is 6.16. The van der Waals surface area contributed by atoms with Crippen molar-refractivity contribution >= 4 is 15.9 Å². The lowest BCUT2D eigenvalue weighted by Crippen LogP contribution is -2.23. The maximum atomic E-state index is 4.09.